The predicted molar refractivity (Wildman–Crippen MR) is 125 cm³/mol. The molecule has 0 atom stereocenters. The topological polar surface area (TPSA) is 89.6 Å². The molecule has 6 rings (SSSR count). The Labute approximate surface area is 201 Å². The van der Waals surface area contributed by atoms with Gasteiger partial charge in [0.25, 0.3) is 12.3 Å². The lowest BCUT2D eigenvalue weighted by Gasteiger charge is -2.55. The van der Waals surface area contributed by atoms with Gasteiger partial charge in [0.2, 0.25) is 0 Å². The second-order valence-corrected chi connectivity index (χ2v) is 10.2. The number of halogens is 2. The summed E-state index contributed by atoms with van der Waals surface area (Å²) in [7, 11) is 0. The molecule has 1 spiro atoms. The van der Waals surface area contributed by atoms with Gasteiger partial charge in [0.15, 0.2) is 11.3 Å². The number of carbonyl (C=O) groups is 1. The van der Waals surface area contributed by atoms with Crippen LogP contribution in [0.4, 0.5) is 20.3 Å². The molecule has 186 valence electrons. The molecule has 1 saturated carbocycles. The van der Waals surface area contributed by atoms with Crippen molar-refractivity contribution in [2.75, 3.05) is 36.5 Å². The van der Waals surface area contributed by atoms with Crippen LogP contribution in [0.2, 0.25) is 0 Å². The van der Waals surface area contributed by atoms with E-state index >= 15 is 0 Å². The molecule has 0 unspecified atom stereocenters. The summed E-state index contributed by atoms with van der Waals surface area (Å²) < 4.78 is 36.0. The summed E-state index contributed by atoms with van der Waals surface area (Å²) in [6, 6.07) is 1.93. The Hall–Kier alpha value is -3.08. The minimum atomic E-state index is -2.79. The fourth-order valence-corrected chi connectivity index (χ4v) is 5.55. The monoisotopic (exact) mass is 485 g/mol. The number of fused-ring (bicyclic) bond motifs is 1. The normalized spacial score (nSPS) is 23.5. The van der Waals surface area contributed by atoms with Crippen LogP contribution in [0.25, 0.3) is 5.65 Å². The standard InChI is InChI=1S/C24H29F2N7O2/c1-2-15-3-5-16(6-4-15)33-10-18(20(30-33)21(25)26)28-23(34)17-9-27-32-8-7-19(29-22(17)32)31-11-24(12-31)13-35-14-24/h7-10,15-16,21H,2-6,11-14H2,1H3,(H,28,34). The van der Waals surface area contributed by atoms with Crippen molar-refractivity contribution in [2.45, 2.75) is 51.5 Å². The largest absolute Gasteiger partial charge is 0.380 e. The van der Waals surface area contributed by atoms with Gasteiger partial charge in [0.05, 0.1) is 36.6 Å². The van der Waals surface area contributed by atoms with Gasteiger partial charge in [0.1, 0.15) is 11.4 Å². The number of ether oxygens (including phenoxy) is 1. The average Bonchev–Trinajstić information content (AvgIpc) is 3.41. The molecule has 3 aromatic heterocycles. The molecule has 1 amide bonds. The van der Waals surface area contributed by atoms with E-state index in [9.17, 15) is 13.6 Å². The molecular weight excluding hydrogens is 456 g/mol. The summed E-state index contributed by atoms with van der Waals surface area (Å²) in [5.74, 6) is 0.911. The molecule has 3 fully saturated rings. The number of anilines is 2. The molecule has 1 aliphatic carbocycles. The fourth-order valence-electron chi connectivity index (χ4n) is 5.55. The summed E-state index contributed by atoms with van der Waals surface area (Å²) in [6.07, 6.45) is 6.99. The van der Waals surface area contributed by atoms with Crippen LogP contribution in [0, 0.1) is 11.3 Å². The molecule has 9 nitrogen and oxygen atoms in total. The van der Waals surface area contributed by atoms with Crippen molar-refractivity contribution in [1.82, 2.24) is 24.4 Å². The van der Waals surface area contributed by atoms with Crippen molar-refractivity contribution in [3.63, 3.8) is 0 Å². The lowest BCUT2D eigenvalue weighted by atomic mass is 9.78. The molecular formula is C24H29F2N7O2. The lowest BCUT2D eigenvalue weighted by Crippen LogP contribution is -2.66. The minimum Gasteiger partial charge on any atom is -0.380 e. The smallest absolute Gasteiger partial charge is 0.284 e. The van der Waals surface area contributed by atoms with Gasteiger partial charge in [-0.1, -0.05) is 13.3 Å². The van der Waals surface area contributed by atoms with E-state index in [0.717, 1.165) is 64.2 Å². The van der Waals surface area contributed by atoms with Crippen LogP contribution < -0.4 is 10.2 Å². The van der Waals surface area contributed by atoms with Gasteiger partial charge >= 0.3 is 0 Å². The second-order valence-electron chi connectivity index (χ2n) is 10.2. The van der Waals surface area contributed by atoms with E-state index in [1.165, 1.54) is 10.7 Å². The number of hydrogen-bond donors (Lipinski definition) is 1. The third-order valence-electron chi connectivity index (χ3n) is 7.78. The van der Waals surface area contributed by atoms with E-state index < -0.39 is 18.0 Å². The first-order valence-corrected chi connectivity index (χ1v) is 12.3. The van der Waals surface area contributed by atoms with Gasteiger partial charge < -0.3 is 15.0 Å². The van der Waals surface area contributed by atoms with Gasteiger partial charge in [-0.05, 0) is 37.7 Å². The first-order chi connectivity index (χ1) is 16.9. The summed E-state index contributed by atoms with van der Waals surface area (Å²) in [5, 5.41) is 11.0. The molecule has 2 saturated heterocycles. The van der Waals surface area contributed by atoms with Crippen LogP contribution in [0.1, 0.15) is 67.5 Å². The van der Waals surface area contributed by atoms with Crippen molar-refractivity contribution in [2.24, 2.45) is 11.3 Å². The molecule has 3 aromatic rings. The summed E-state index contributed by atoms with van der Waals surface area (Å²) in [4.78, 5) is 19.9. The van der Waals surface area contributed by atoms with Gasteiger partial charge in [-0.25, -0.2) is 18.3 Å². The zero-order chi connectivity index (χ0) is 24.2. The second kappa shape index (κ2) is 8.54. The quantitative estimate of drug-likeness (QED) is 0.566. The third kappa shape index (κ3) is 3.95. The van der Waals surface area contributed by atoms with E-state index in [2.05, 4.69) is 32.3 Å². The highest BCUT2D eigenvalue weighted by Crippen LogP contribution is 2.40. The highest BCUT2D eigenvalue weighted by molar-refractivity contribution is 6.08. The maximum absolute atomic E-state index is 13.8. The van der Waals surface area contributed by atoms with E-state index in [-0.39, 0.29) is 22.7 Å². The van der Waals surface area contributed by atoms with Crippen LogP contribution in [-0.4, -0.2) is 56.6 Å². The Morgan fingerprint density at radius 3 is 2.69 bits per heavy atom. The molecule has 0 aromatic carbocycles. The number of rotatable bonds is 6. The van der Waals surface area contributed by atoms with Crippen LogP contribution in [0.3, 0.4) is 0 Å². The van der Waals surface area contributed by atoms with Crippen LogP contribution in [0.15, 0.2) is 24.7 Å². The van der Waals surface area contributed by atoms with Gasteiger partial charge in [-0.3, -0.25) is 9.48 Å². The maximum Gasteiger partial charge on any atom is 0.284 e. The number of carbonyl (C=O) groups excluding carboxylic acids is 1. The minimum absolute atomic E-state index is 0.0350. The average molecular weight is 486 g/mol. The fraction of sp³-hybridized carbons (Fsp3) is 0.583. The van der Waals surface area contributed by atoms with Crippen LogP contribution >= 0.6 is 0 Å². The zero-order valence-corrected chi connectivity index (χ0v) is 19.7. The van der Waals surface area contributed by atoms with Crippen molar-refractivity contribution in [3.05, 3.63) is 35.9 Å². The highest BCUT2D eigenvalue weighted by Gasteiger charge is 2.49. The number of nitrogens with one attached hydrogen (secondary N) is 1. The number of amides is 1. The molecule has 11 heteroatoms. The van der Waals surface area contributed by atoms with Crippen molar-refractivity contribution in [1.29, 1.82) is 0 Å². The predicted octanol–water partition coefficient (Wildman–Crippen LogP) is 4.09. The number of nitrogens with zero attached hydrogens (tertiary/aromatic N) is 6. The highest BCUT2D eigenvalue weighted by atomic mass is 19.3. The number of hydrogen-bond acceptors (Lipinski definition) is 6. The van der Waals surface area contributed by atoms with Crippen molar-refractivity contribution >= 4 is 23.1 Å². The van der Waals surface area contributed by atoms with Gasteiger partial charge in [0, 0.05) is 25.5 Å². The van der Waals surface area contributed by atoms with Gasteiger partial charge in [-0.2, -0.15) is 10.2 Å². The summed E-state index contributed by atoms with van der Waals surface area (Å²) in [6.45, 7) is 5.45. The third-order valence-corrected chi connectivity index (χ3v) is 7.78. The molecule has 3 aliphatic rings. The Kier molecular flexibility index (Phi) is 5.46. The summed E-state index contributed by atoms with van der Waals surface area (Å²) in [5.41, 5.74) is 0.471. The number of alkyl halides is 2. The molecule has 0 bridgehead atoms. The zero-order valence-electron chi connectivity index (χ0n) is 19.7. The van der Waals surface area contributed by atoms with E-state index in [4.69, 9.17) is 4.74 Å². The Morgan fingerprint density at radius 1 is 1.26 bits per heavy atom. The van der Waals surface area contributed by atoms with Crippen molar-refractivity contribution < 1.29 is 18.3 Å². The number of aromatic nitrogens is 5. The molecule has 35 heavy (non-hydrogen) atoms. The molecule has 2 aliphatic heterocycles. The SMILES string of the molecule is CCC1CCC(n2cc(NC(=O)c3cnn4ccc(N5CC6(COC6)C5)nc34)c(C(F)F)n2)CC1. The first kappa shape index (κ1) is 22.4. The molecule has 0 radical (unpaired) electrons. The Balaban J connectivity index is 1.21. The van der Waals surface area contributed by atoms with E-state index in [1.54, 1.807) is 17.1 Å². The van der Waals surface area contributed by atoms with E-state index in [1.807, 2.05) is 6.07 Å². The first-order valence-electron chi connectivity index (χ1n) is 12.3. The lowest BCUT2D eigenvalue weighted by molar-refractivity contribution is -0.127. The van der Waals surface area contributed by atoms with Crippen LogP contribution in [0.5, 0.6) is 0 Å². The Bertz CT molecular complexity index is 1240. The van der Waals surface area contributed by atoms with E-state index in [0.29, 0.717) is 11.6 Å². The maximum atomic E-state index is 13.8. The Morgan fingerprint density at radius 2 is 2.03 bits per heavy atom. The van der Waals surface area contributed by atoms with Gasteiger partial charge in [-0.15, -0.1) is 0 Å². The van der Waals surface area contributed by atoms with Crippen molar-refractivity contribution in [3.8, 4) is 0 Å². The molecule has 5 heterocycles. The summed E-state index contributed by atoms with van der Waals surface area (Å²) >= 11 is 0. The van der Waals surface area contributed by atoms with Crippen LogP contribution in [-0.2, 0) is 4.74 Å². The molecule has 1 N–H and O–H groups in total.